The number of Topliss-reactive ketones (excluding diaryl/α,β-unsaturated/α-hetero) is 1. The molecule has 0 N–H and O–H groups in total. The van der Waals surface area contributed by atoms with Crippen molar-refractivity contribution in [2.45, 2.75) is 19.3 Å². The van der Waals surface area contributed by atoms with Gasteiger partial charge < -0.3 is 0 Å². The summed E-state index contributed by atoms with van der Waals surface area (Å²) >= 11 is 6.02. The van der Waals surface area contributed by atoms with Gasteiger partial charge in [0.05, 0.1) is 0 Å². The van der Waals surface area contributed by atoms with E-state index in [1.807, 2.05) is 24.3 Å². The maximum atomic E-state index is 11.1. The minimum Gasteiger partial charge on any atom is -0.300 e. The van der Waals surface area contributed by atoms with Gasteiger partial charge in [-0.1, -0.05) is 29.8 Å². The van der Waals surface area contributed by atoms with Crippen molar-refractivity contribution in [2.75, 3.05) is 0 Å². The number of carbonyl (C=O) groups is 1. The highest BCUT2D eigenvalue weighted by Gasteiger charge is 2.42. The van der Waals surface area contributed by atoms with Crippen molar-refractivity contribution in [2.24, 2.45) is 5.92 Å². The van der Waals surface area contributed by atoms with Crippen molar-refractivity contribution in [1.29, 1.82) is 0 Å². The molecule has 1 aromatic rings. The summed E-state index contributed by atoms with van der Waals surface area (Å²) in [6.07, 6.45) is 0.971. The Labute approximate surface area is 82.7 Å². The van der Waals surface area contributed by atoms with Crippen LogP contribution in [0.1, 0.15) is 24.8 Å². The zero-order valence-corrected chi connectivity index (χ0v) is 8.21. The third-order valence-corrected chi connectivity index (χ3v) is 2.96. The first-order valence-corrected chi connectivity index (χ1v) is 4.83. The number of benzene rings is 1. The second kappa shape index (κ2) is 3.15. The highest BCUT2D eigenvalue weighted by Crippen LogP contribution is 2.49. The van der Waals surface area contributed by atoms with Crippen molar-refractivity contribution < 1.29 is 4.79 Å². The lowest BCUT2D eigenvalue weighted by Gasteiger charge is -2.00. The van der Waals surface area contributed by atoms with Crippen molar-refractivity contribution in [3.63, 3.8) is 0 Å². The molecule has 0 amide bonds. The van der Waals surface area contributed by atoms with Crippen LogP contribution >= 0.6 is 11.6 Å². The summed E-state index contributed by atoms with van der Waals surface area (Å²) < 4.78 is 0. The zero-order chi connectivity index (χ0) is 9.42. The summed E-state index contributed by atoms with van der Waals surface area (Å²) in [6, 6.07) is 7.77. The molecule has 0 aliphatic heterocycles. The third-order valence-electron chi connectivity index (χ3n) is 2.62. The summed E-state index contributed by atoms with van der Waals surface area (Å²) in [6.45, 7) is 1.65. The number of hydrogen-bond acceptors (Lipinski definition) is 1. The van der Waals surface area contributed by atoms with Gasteiger partial charge in [-0.15, -0.1) is 0 Å². The van der Waals surface area contributed by atoms with Gasteiger partial charge in [-0.05, 0) is 30.9 Å². The summed E-state index contributed by atoms with van der Waals surface area (Å²) in [5.74, 6) is 0.885. The largest absolute Gasteiger partial charge is 0.300 e. The van der Waals surface area contributed by atoms with Crippen LogP contribution < -0.4 is 0 Å². The van der Waals surface area contributed by atoms with Crippen LogP contribution in [0.3, 0.4) is 0 Å². The van der Waals surface area contributed by atoms with Crippen LogP contribution in [-0.2, 0) is 4.79 Å². The molecule has 2 heteroatoms. The Morgan fingerprint density at radius 1 is 1.46 bits per heavy atom. The van der Waals surface area contributed by atoms with E-state index < -0.39 is 0 Å². The smallest absolute Gasteiger partial charge is 0.133 e. The van der Waals surface area contributed by atoms with E-state index >= 15 is 0 Å². The van der Waals surface area contributed by atoms with E-state index in [0.29, 0.717) is 5.92 Å². The Morgan fingerprint density at radius 2 is 2.15 bits per heavy atom. The topological polar surface area (TPSA) is 17.1 Å². The van der Waals surface area contributed by atoms with Gasteiger partial charge >= 0.3 is 0 Å². The molecule has 0 saturated heterocycles. The van der Waals surface area contributed by atoms with Crippen molar-refractivity contribution in [3.05, 3.63) is 34.9 Å². The molecule has 13 heavy (non-hydrogen) atoms. The van der Waals surface area contributed by atoms with Gasteiger partial charge in [0.1, 0.15) is 5.78 Å². The maximum Gasteiger partial charge on any atom is 0.133 e. The normalized spacial score (nSPS) is 25.7. The van der Waals surface area contributed by atoms with Gasteiger partial charge in [0.15, 0.2) is 0 Å². The van der Waals surface area contributed by atoms with Gasteiger partial charge in [-0.3, -0.25) is 4.79 Å². The van der Waals surface area contributed by atoms with E-state index in [9.17, 15) is 4.79 Å². The van der Waals surface area contributed by atoms with Crippen molar-refractivity contribution in [1.82, 2.24) is 0 Å². The lowest BCUT2D eigenvalue weighted by Crippen LogP contribution is -1.94. The van der Waals surface area contributed by atoms with Crippen molar-refractivity contribution >= 4 is 17.4 Å². The summed E-state index contributed by atoms with van der Waals surface area (Å²) in [7, 11) is 0. The van der Waals surface area contributed by atoms with Crippen LogP contribution in [0.2, 0.25) is 5.02 Å². The quantitative estimate of drug-likeness (QED) is 0.708. The average Bonchev–Trinajstić information content (AvgIpc) is 2.84. The molecule has 0 radical (unpaired) electrons. The average molecular weight is 195 g/mol. The first-order chi connectivity index (χ1) is 6.20. The van der Waals surface area contributed by atoms with E-state index in [-0.39, 0.29) is 11.7 Å². The molecule has 1 fully saturated rings. The molecular weight excluding hydrogens is 184 g/mol. The summed E-state index contributed by atoms with van der Waals surface area (Å²) in [5.41, 5.74) is 1.13. The highest BCUT2D eigenvalue weighted by molar-refractivity contribution is 6.31. The molecule has 1 nitrogen and oxygen atoms in total. The predicted molar refractivity (Wildman–Crippen MR) is 53.0 cm³/mol. The van der Waals surface area contributed by atoms with E-state index in [1.165, 1.54) is 0 Å². The van der Waals surface area contributed by atoms with Gasteiger partial charge in [0.2, 0.25) is 0 Å². The number of rotatable bonds is 2. The predicted octanol–water partition coefficient (Wildman–Crippen LogP) is 3.03. The van der Waals surface area contributed by atoms with E-state index in [0.717, 1.165) is 17.0 Å². The van der Waals surface area contributed by atoms with E-state index in [4.69, 9.17) is 11.6 Å². The number of hydrogen-bond donors (Lipinski definition) is 0. The van der Waals surface area contributed by atoms with Crippen molar-refractivity contribution in [3.8, 4) is 0 Å². The van der Waals surface area contributed by atoms with Crippen LogP contribution in [0.5, 0.6) is 0 Å². The lowest BCUT2D eigenvalue weighted by molar-refractivity contribution is -0.118. The molecule has 0 heterocycles. The number of halogens is 1. The SMILES string of the molecule is CC(=O)[C@@H]1C[C@@H]1c1ccccc1Cl. The molecule has 0 spiro atoms. The van der Waals surface area contributed by atoms with Gasteiger partial charge in [-0.2, -0.15) is 0 Å². The molecule has 0 aromatic heterocycles. The van der Waals surface area contributed by atoms with Crippen LogP contribution in [-0.4, -0.2) is 5.78 Å². The number of ketones is 1. The van der Waals surface area contributed by atoms with Crippen LogP contribution in [0.25, 0.3) is 0 Å². The second-order valence-electron chi connectivity index (χ2n) is 3.58. The molecule has 1 aromatic carbocycles. The minimum absolute atomic E-state index is 0.222. The third kappa shape index (κ3) is 1.61. The highest BCUT2D eigenvalue weighted by atomic mass is 35.5. The van der Waals surface area contributed by atoms with Crippen LogP contribution in [0.4, 0.5) is 0 Å². The number of carbonyl (C=O) groups excluding carboxylic acids is 1. The van der Waals surface area contributed by atoms with Gasteiger partial charge in [0.25, 0.3) is 0 Å². The Bertz CT molecular complexity index is 346. The van der Waals surface area contributed by atoms with E-state index in [1.54, 1.807) is 6.92 Å². The second-order valence-corrected chi connectivity index (χ2v) is 3.99. The molecule has 68 valence electrons. The molecule has 1 aliphatic carbocycles. The fourth-order valence-corrected chi connectivity index (χ4v) is 2.04. The fraction of sp³-hybridized carbons (Fsp3) is 0.364. The summed E-state index contributed by atoms with van der Waals surface area (Å²) in [4.78, 5) is 11.1. The first kappa shape index (κ1) is 8.76. The Kier molecular flexibility index (Phi) is 2.12. The summed E-state index contributed by atoms with van der Waals surface area (Å²) in [5, 5.41) is 0.788. The molecule has 0 bridgehead atoms. The monoisotopic (exact) mass is 194 g/mol. The molecule has 2 rings (SSSR count). The lowest BCUT2D eigenvalue weighted by atomic mass is 10.1. The van der Waals surface area contributed by atoms with Crippen LogP contribution in [0, 0.1) is 5.92 Å². The molecule has 2 atom stereocenters. The first-order valence-electron chi connectivity index (χ1n) is 4.45. The van der Waals surface area contributed by atoms with Gasteiger partial charge in [-0.25, -0.2) is 0 Å². The molecular formula is C11H11ClO. The Hall–Kier alpha value is -0.820. The Balaban J connectivity index is 2.21. The minimum atomic E-state index is 0.222. The maximum absolute atomic E-state index is 11.1. The molecule has 1 saturated carbocycles. The van der Waals surface area contributed by atoms with Crippen LogP contribution in [0.15, 0.2) is 24.3 Å². The zero-order valence-electron chi connectivity index (χ0n) is 7.46. The fourth-order valence-electron chi connectivity index (χ4n) is 1.76. The van der Waals surface area contributed by atoms with E-state index in [2.05, 4.69) is 0 Å². The molecule has 0 unspecified atom stereocenters. The van der Waals surface area contributed by atoms with Gasteiger partial charge in [0, 0.05) is 10.9 Å². The Morgan fingerprint density at radius 3 is 2.69 bits per heavy atom. The molecule has 1 aliphatic rings. The standard InChI is InChI=1S/C11H11ClO/c1-7(13)9-6-10(9)8-4-2-3-5-11(8)12/h2-5,9-10H,6H2,1H3/t9-,10+/m0/s1.